The number of hydrogen-bond donors (Lipinski definition) is 1. The highest BCUT2D eigenvalue weighted by Crippen LogP contribution is 2.22. The number of carbonyl (C=O) groups excluding carboxylic acids is 1. The van der Waals surface area contributed by atoms with Gasteiger partial charge in [0.1, 0.15) is 6.54 Å². The van der Waals surface area contributed by atoms with Crippen molar-refractivity contribution in [2.24, 2.45) is 0 Å². The fourth-order valence-electron chi connectivity index (χ4n) is 1.42. The summed E-state index contributed by atoms with van der Waals surface area (Å²) in [5.41, 5.74) is 0.0887. The van der Waals surface area contributed by atoms with Gasteiger partial charge in [-0.2, -0.15) is 13.2 Å². The van der Waals surface area contributed by atoms with Gasteiger partial charge in [0.05, 0.1) is 12.2 Å². The molecule has 1 N–H and O–H groups in total. The average Bonchev–Trinajstić information content (AvgIpc) is 2.29. The predicted octanol–water partition coefficient (Wildman–Crippen LogP) is 2.94. The molecule has 0 aliphatic carbocycles. The lowest BCUT2D eigenvalue weighted by Gasteiger charge is -2.23. The quantitative estimate of drug-likeness (QED) is 0.780. The number of nitrogens with zero attached hydrogens (tertiary/aromatic N) is 1. The number of hydrogen-bond acceptors (Lipinski definition) is 2. The summed E-state index contributed by atoms with van der Waals surface area (Å²) < 4.78 is 37.6. The predicted molar refractivity (Wildman–Crippen MR) is 73.2 cm³/mol. The highest BCUT2D eigenvalue weighted by atomic mass is 127. The third kappa shape index (κ3) is 5.15. The second-order valence-electron chi connectivity index (χ2n) is 3.69. The van der Waals surface area contributed by atoms with Gasteiger partial charge in [-0.1, -0.05) is 11.6 Å². The minimum atomic E-state index is -4.52. The van der Waals surface area contributed by atoms with Crippen LogP contribution in [0.2, 0.25) is 5.02 Å². The molecule has 0 saturated heterocycles. The zero-order valence-electron chi connectivity index (χ0n) is 9.55. The normalized spacial score (nSPS) is 11.5. The molecule has 1 rings (SSSR count). The molecule has 1 amide bonds. The average molecular weight is 408 g/mol. The molecular weight excluding hydrogens is 397 g/mol. The van der Waals surface area contributed by atoms with Gasteiger partial charge in [-0.05, 0) is 40.8 Å². The van der Waals surface area contributed by atoms with Crippen LogP contribution in [0.4, 0.5) is 13.2 Å². The first-order chi connectivity index (χ1) is 8.74. The molecule has 0 unspecified atom stereocenters. The van der Waals surface area contributed by atoms with E-state index in [9.17, 15) is 18.0 Å². The van der Waals surface area contributed by atoms with Crippen LogP contribution < -0.4 is 0 Å². The molecule has 0 radical (unpaired) electrons. The van der Waals surface area contributed by atoms with Crippen molar-refractivity contribution < 1.29 is 23.1 Å². The summed E-state index contributed by atoms with van der Waals surface area (Å²) in [7, 11) is 0. The van der Waals surface area contributed by atoms with Crippen molar-refractivity contribution in [1.29, 1.82) is 0 Å². The van der Waals surface area contributed by atoms with Crippen molar-refractivity contribution in [1.82, 2.24) is 4.90 Å². The molecule has 0 bridgehead atoms. The van der Waals surface area contributed by atoms with E-state index in [-0.39, 0.29) is 17.1 Å². The third-order valence-corrected chi connectivity index (χ3v) is 3.36. The van der Waals surface area contributed by atoms with Gasteiger partial charge in [0.25, 0.3) is 5.91 Å². The van der Waals surface area contributed by atoms with E-state index in [1.165, 1.54) is 6.07 Å². The van der Waals surface area contributed by atoms with Crippen LogP contribution in [0.5, 0.6) is 0 Å². The van der Waals surface area contributed by atoms with Crippen LogP contribution in [0, 0.1) is 3.57 Å². The summed E-state index contributed by atoms with van der Waals surface area (Å²) in [5, 5.41) is 9.03. The highest BCUT2D eigenvalue weighted by molar-refractivity contribution is 14.1. The summed E-state index contributed by atoms with van der Waals surface area (Å²) in [6.07, 6.45) is -4.52. The Hall–Kier alpha value is -0.540. The molecule has 0 saturated carbocycles. The largest absolute Gasteiger partial charge is 0.406 e. The van der Waals surface area contributed by atoms with E-state index in [0.717, 1.165) is 0 Å². The number of aliphatic hydroxyl groups is 1. The maximum absolute atomic E-state index is 12.4. The van der Waals surface area contributed by atoms with Crippen molar-refractivity contribution >= 4 is 40.1 Å². The minimum absolute atomic E-state index is 0.0887. The Morgan fingerprint density at radius 2 is 2.05 bits per heavy atom. The Morgan fingerprint density at radius 1 is 1.42 bits per heavy atom. The molecule has 0 fully saturated rings. The number of rotatable bonds is 4. The van der Waals surface area contributed by atoms with E-state index in [2.05, 4.69) is 0 Å². The number of aliphatic hydroxyl groups excluding tert-OH is 1. The van der Waals surface area contributed by atoms with Crippen LogP contribution in [0.1, 0.15) is 10.4 Å². The summed E-state index contributed by atoms with van der Waals surface area (Å²) in [6, 6.07) is 4.40. The monoisotopic (exact) mass is 407 g/mol. The molecular formula is C11H10ClF3INO2. The molecule has 0 atom stereocenters. The standard InChI is InChI=1S/C11H10ClF3INO2/c12-7-1-2-9(16)8(5-7)10(19)17(3-4-18)6-11(13,14)15/h1-2,5,18H,3-4,6H2. The fourth-order valence-corrected chi connectivity index (χ4v) is 2.16. The molecule has 1 aromatic rings. The fraction of sp³-hybridized carbons (Fsp3) is 0.364. The van der Waals surface area contributed by atoms with E-state index in [4.69, 9.17) is 16.7 Å². The van der Waals surface area contributed by atoms with Crippen molar-refractivity contribution in [3.8, 4) is 0 Å². The maximum atomic E-state index is 12.4. The Kier molecular flexibility index (Phi) is 5.87. The van der Waals surface area contributed by atoms with Crippen molar-refractivity contribution in [3.63, 3.8) is 0 Å². The molecule has 106 valence electrons. The van der Waals surface area contributed by atoms with Gasteiger partial charge in [-0.15, -0.1) is 0 Å². The molecule has 0 spiro atoms. The Balaban J connectivity index is 3.02. The first-order valence-electron chi connectivity index (χ1n) is 5.16. The van der Waals surface area contributed by atoms with Gasteiger partial charge >= 0.3 is 6.18 Å². The number of alkyl halides is 3. The van der Waals surface area contributed by atoms with E-state index >= 15 is 0 Å². The number of benzene rings is 1. The summed E-state index contributed by atoms with van der Waals surface area (Å²) in [6.45, 7) is -2.34. The molecule has 8 heteroatoms. The zero-order chi connectivity index (χ0) is 14.6. The molecule has 3 nitrogen and oxygen atoms in total. The van der Waals surface area contributed by atoms with Gasteiger partial charge in [-0.3, -0.25) is 4.79 Å². The lowest BCUT2D eigenvalue weighted by atomic mass is 10.2. The van der Waals surface area contributed by atoms with E-state index in [1.807, 2.05) is 22.6 Å². The first kappa shape index (κ1) is 16.5. The summed E-state index contributed by atoms with van der Waals surface area (Å²) in [4.78, 5) is 12.6. The van der Waals surface area contributed by atoms with Gasteiger partial charge in [0.2, 0.25) is 0 Å². The highest BCUT2D eigenvalue weighted by Gasteiger charge is 2.33. The summed E-state index contributed by atoms with van der Waals surface area (Å²) in [5.74, 6) is -0.807. The van der Waals surface area contributed by atoms with Crippen LogP contribution in [0.15, 0.2) is 18.2 Å². The minimum Gasteiger partial charge on any atom is -0.395 e. The summed E-state index contributed by atoms with van der Waals surface area (Å²) >= 11 is 7.57. The van der Waals surface area contributed by atoms with Crippen molar-refractivity contribution in [2.75, 3.05) is 19.7 Å². The second kappa shape index (κ2) is 6.76. The number of amides is 1. The zero-order valence-corrected chi connectivity index (χ0v) is 12.5. The number of carbonyl (C=O) groups is 1. The molecule has 0 aliphatic rings. The lowest BCUT2D eigenvalue weighted by Crippen LogP contribution is -2.41. The van der Waals surface area contributed by atoms with Crippen molar-refractivity contribution in [3.05, 3.63) is 32.4 Å². The molecule has 0 aromatic heterocycles. The topological polar surface area (TPSA) is 40.5 Å². The molecule has 19 heavy (non-hydrogen) atoms. The first-order valence-corrected chi connectivity index (χ1v) is 6.62. The Labute approximate surface area is 126 Å². The van der Waals surface area contributed by atoms with Crippen molar-refractivity contribution in [2.45, 2.75) is 6.18 Å². The van der Waals surface area contributed by atoms with Gasteiger partial charge < -0.3 is 10.0 Å². The van der Waals surface area contributed by atoms with Gasteiger partial charge in [0, 0.05) is 15.1 Å². The molecule has 0 heterocycles. The third-order valence-electron chi connectivity index (χ3n) is 2.19. The van der Waals surface area contributed by atoms with Crippen LogP contribution in [0.3, 0.4) is 0 Å². The lowest BCUT2D eigenvalue weighted by molar-refractivity contribution is -0.141. The second-order valence-corrected chi connectivity index (χ2v) is 5.29. The van der Waals surface area contributed by atoms with E-state index in [0.29, 0.717) is 8.47 Å². The van der Waals surface area contributed by atoms with Crippen LogP contribution in [-0.4, -0.2) is 41.8 Å². The van der Waals surface area contributed by atoms with E-state index in [1.54, 1.807) is 12.1 Å². The van der Waals surface area contributed by atoms with Crippen LogP contribution in [0.25, 0.3) is 0 Å². The number of halogens is 5. The smallest absolute Gasteiger partial charge is 0.395 e. The SMILES string of the molecule is O=C(c1cc(Cl)ccc1I)N(CCO)CC(F)(F)F. The Bertz CT molecular complexity index is 468. The van der Waals surface area contributed by atoms with Crippen LogP contribution >= 0.6 is 34.2 Å². The molecule has 0 aliphatic heterocycles. The maximum Gasteiger partial charge on any atom is 0.406 e. The van der Waals surface area contributed by atoms with E-state index < -0.39 is 25.2 Å². The Morgan fingerprint density at radius 3 is 2.58 bits per heavy atom. The van der Waals surface area contributed by atoms with Gasteiger partial charge in [-0.25, -0.2) is 0 Å². The van der Waals surface area contributed by atoms with Gasteiger partial charge in [0.15, 0.2) is 0 Å². The van der Waals surface area contributed by atoms with Crippen LogP contribution in [-0.2, 0) is 0 Å². The molecule has 1 aromatic carbocycles.